The van der Waals surface area contributed by atoms with Crippen LogP contribution in [-0.2, 0) is 9.53 Å². The molecule has 1 N–H and O–H groups in total. The highest BCUT2D eigenvalue weighted by molar-refractivity contribution is 5.94. The Labute approximate surface area is 254 Å². The first-order valence-electron chi connectivity index (χ1n) is 14.1. The van der Waals surface area contributed by atoms with Gasteiger partial charge in [0, 0.05) is 47.8 Å². The fraction of sp³-hybridized carbons (Fsp3) is 0.206. The molecule has 0 spiro atoms. The molecule has 0 aromatic heterocycles. The zero-order valence-corrected chi connectivity index (χ0v) is 24.5. The molecule has 4 aromatic carbocycles. The zero-order chi connectivity index (χ0) is 31.4. The standard InChI is InChI=1S/C34H32N4O6/c1-34(2,3)44-33(39)31-29(35-25-10-6-4-7-11-25)22-30(23-14-18-27(19-15-23)37(40)41)36(26-12-8-5-9-13-26)32(31)24-16-20-28(21-17-24)38(42)43/h4-21,30,32,35H,22H2,1-3H3/t30-,32+/m0/s1. The van der Waals surface area contributed by atoms with Gasteiger partial charge in [-0.2, -0.15) is 0 Å². The van der Waals surface area contributed by atoms with Crippen LogP contribution in [0.1, 0.15) is 50.4 Å². The maximum Gasteiger partial charge on any atom is 0.338 e. The summed E-state index contributed by atoms with van der Waals surface area (Å²) in [7, 11) is 0. The molecule has 5 rings (SSSR count). The fourth-order valence-corrected chi connectivity index (χ4v) is 5.40. The van der Waals surface area contributed by atoms with Crippen molar-refractivity contribution in [1.82, 2.24) is 0 Å². The van der Waals surface area contributed by atoms with Crippen LogP contribution in [0.4, 0.5) is 22.7 Å². The van der Waals surface area contributed by atoms with Gasteiger partial charge < -0.3 is 15.0 Å². The number of carbonyl (C=O) groups excluding carboxylic acids is 1. The normalized spacial score (nSPS) is 16.8. The van der Waals surface area contributed by atoms with Crippen molar-refractivity contribution < 1.29 is 19.4 Å². The number of carbonyl (C=O) groups is 1. The van der Waals surface area contributed by atoms with Crippen molar-refractivity contribution in [1.29, 1.82) is 0 Å². The maximum absolute atomic E-state index is 14.2. The Balaban J connectivity index is 1.78. The van der Waals surface area contributed by atoms with Gasteiger partial charge in [-0.05, 0) is 68.3 Å². The Morgan fingerprint density at radius 3 is 1.77 bits per heavy atom. The SMILES string of the molecule is CC(C)(C)OC(=O)C1=C(Nc2ccccc2)C[C@@H](c2ccc([N+](=O)[O-])cc2)N(c2ccccc2)[C@@H]1c1ccc([N+](=O)[O-])cc1. The minimum absolute atomic E-state index is 0.0321. The molecule has 2 atom stereocenters. The Bertz CT molecular complexity index is 1680. The molecule has 10 nitrogen and oxygen atoms in total. The van der Waals surface area contributed by atoms with E-state index in [-0.39, 0.29) is 11.4 Å². The van der Waals surface area contributed by atoms with Crippen molar-refractivity contribution in [2.24, 2.45) is 0 Å². The third kappa shape index (κ3) is 6.59. The highest BCUT2D eigenvalue weighted by Crippen LogP contribution is 2.48. The number of ether oxygens (including phenoxy) is 1. The van der Waals surface area contributed by atoms with Gasteiger partial charge in [-0.25, -0.2) is 4.79 Å². The molecular formula is C34H32N4O6. The molecule has 1 aliphatic rings. The fourth-order valence-electron chi connectivity index (χ4n) is 5.40. The highest BCUT2D eigenvalue weighted by Gasteiger charge is 2.43. The average Bonchev–Trinajstić information content (AvgIpc) is 3.00. The number of nitrogens with zero attached hydrogens (tertiary/aromatic N) is 3. The van der Waals surface area contributed by atoms with E-state index in [1.165, 1.54) is 24.3 Å². The van der Waals surface area contributed by atoms with Crippen LogP contribution in [0.5, 0.6) is 0 Å². The summed E-state index contributed by atoms with van der Waals surface area (Å²) in [6.07, 6.45) is 0.333. The van der Waals surface area contributed by atoms with Crippen molar-refractivity contribution in [2.45, 2.75) is 44.9 Å². The van der Waals surface area contributed by atoms with Crippen LogP contribution in [0.15, 0.2) is 120 Å². The zero-order valence-electron chi connectivity index (χ0n) is 24.5. The molecular weight excluding hydrogens is 560 g/mol. The summed E-state index contributed by atoms with van der Waals surface area (Å²) < 4.78 is 5.98. The summed E-state index contributed by atoms with van der Waals surface area (Å²) in [6, 6.07) is 30.4. The topological polar surface area (TPSA) is 128 Å². The van der Waals surface area contributed by atoms with E-state index >= 15 is 0 Å². The molecule has 4 aromatic rings. The molecule has 0 aliphatic carbocycles. The molecule has 1 heterocycles. The summed E-state index contributed by atoms with van der Waals surface area (Å²) in [5.74, 6) is -0.526. The lowest BCUT2D eigenvalue weighted by atomic mass is 9.84. The van der Waals surface area contributed by atoms with E-state index in [1.54, 1.807) is 45.0 Å². The van der Waals surface area contributed by atoms with Crippen LogP contribution in [0.2, 0.25) is 0 Å². The first-order chi connectivity index (χ1) is 21.0. The first-order valence-corrected chi connectivity index (χ1v) is 14.1. The quantitative estimate of drug-likeness (QED) is 0.124. The molecule has 1 aliphatic heterocycles. The number of rotatable bonds is 8. The van der Waals surface area contributed by atoms with Crippen molar-refractivity contribution in [3.05, 3.63) is 152 Å². The summed E-state index contributed by atoms with van der Waals surface area (Å²) in [4.78, 5) is 38.3. The molecule has 44 heavy (non-hydrogen) atoms. The molecule has 10 heteroatoms. The molecule has 0 radical (unpaired) electrons. The van der Waals surface area contributed by atoms with Crippen molar-refractivity contribution >= 4 is 28.7 Å². The number of non-ortho nitro benzene ring substituents is 2. The van der Waals surface area contributed by atoms with Gasteiger partial charge in [0.15, 0.2) is 0 Å². The third-order valence-electron chi connectivity index (χ3n) is 7.26. The lowest BCUT2D eigenvalue weighted by Crippen LogP contribution is -2.42. The number of nitro groups is 2. The number of hydrogen-bond donors (Lipinski definition) is 1. The van der Waals surface area contributed by atoms with Gasteiger partial charge in [0.25, 0.3) is 11.4 Å². The predicted molar refractivity (Wildman–Crippen MR) is 168 cm³/mol. The van der Waals surface area contributed by atoms with Crippen molar-refractivity contribution in [3.8, 4) is 0 Å². The van der Waals surface area contributed by atoms with Gasteiger partial charge >= 0.3 is 5.97 Å². The molecule has 0 fully saturated rings. The summed E-state index contributed by atoms with van der Waals surface area (Å²) in [5, 5.41) is 26.4. The van der Waals surface area contributed by atoms with E-state index in [1.807, 2.05) is 60.7 Å². The van der Waals surface area contributed by atoms with E-state index in [0.29, 0.717) is 23.3 Å². The lowest BCUT2D eigenvalue weighted by Gasteiger charge is -2.46. The van der Waals surface area contributed by atoms with Gasteiger partial charge in [-0.3, -0.25) is 20.2 Å². The van der Waals surface area contributed by atoms with E-state index in [2.05, 4.69) is 10.2 Å². The Morgan fingerprint density at radius 1 is 0.773 bits per heavy atom. The minimum Gasteiger partial charge on any atom is -0.456 e. The number of para-hydroxylation sites is 2. The maximum atomic E-state index is 14.2. The second kappa shape index (κ2) is 12.4. The largest absolute Gasteiger partial charge is 0.456 e. The summed E-state index contributed by atoms with van der Waals surface area (Å²) in [5.41, 5.74) is 3.06. The van der Waals surface area contributed by atoms with Gasteiger partial charge in [-0.1, -0.05) is 48.5 Å². The Kier molecular flexibility index (Phi) is 8.43. The van der Waals surface area contributed by atoms with Crippen LogP contribution >= 0.6 is 0 Å². The van der Waals surface area contributed by atoms with Crippen molar-refractivity contribution in [2.75, 3.05) is 10.2 Å². The van der Waals surface area contributed by atoms with Crippen LogP contribution in [0.25, 0.3) is 0 Å². The van der Waals surface area contributed by atoms with E-state index in [4.69, 9.17) is 4.74 Å². The molecule has 0 amide bonds. The number of nitrogens with one attached hydrogen (secondary N) is 1. The van der Waals surface area contributed by atoms with Crippen LogP contribution in [0.3, 0.4) is 0 Å². The molecule has 0 bridgehead atoms. The minimum atomic E-state index is -0.797. The summed E-state index contributed by atoms with van der Waals surface area (Å²) >= 11 is 0. The van der Waals surface area contributed by atoms with Crippen LogP contribution < -0.4 is 10.2 Å². The van der Waals surface area contributed by atoms with Gasteiger partial charge in [0.05, 0.1) is 27.5 Å². The van der Waals surface area contributed by atoms with E-state index < -0.39 is 33.5 Å². The summed E-state index contributed by atoms with van der Waals surface area (Å²) in [6.45, 7) is 5.40. The first kappa shape index (κ1) is 30.0. The Morgan fingerprint density at radius 2 is 1.27 bits per heavy atom. The second-order valence-electron chi connectivity index (χ2n) is 11.4. The predicted octanol–water partition coefficient (Wildman–Crippen LogP) is 7.90. The average molecular weight is 593 g/mol. The second-order valence-corrected chi connectivity index (χ2v) is 11.4. The number of nitro benzene ring substituents is 2. The number of benzene rings is 4. The molecule has 0 saturated heterocycles. The molecule has 224 valence electrons. The van der Waals surface area contributed by atoms with Gasteiger partial charge in [0.2, 0.25) is 0 Å². The highest BCUT2D eigenvalue weighted by atomic mass is 16.6. The van der Waals surface area contributed by atoms with Crippen LogP contribution in [0, 0.1) is 20.2 Å². The molecule has 0 saturated carbocycles. The number of esters is 1. The lowest BCUT2D eigenvalue weighted by molar-refractivity contribution is -0.385. The Hall–Kier alpha value is -5.51. The number of hydrogen-bond acceptors (Lipinski definition) is 8. The van der Waals surface area contributed by atoms with Crippen molar-refractivity contribution in [3.63, 3.8) is 0 Å². The van der Waals surface area contributed by atoms with Gasteiger partial charge in [-0.15, -0.1) is 0 Å². The number of anilines is 2. The monoisotopic (exact) mass is 592 g/mol. The smallest absolute Gasteiger partial charge is 0.338 e. The van der Waals surface area contributed by atoms with E-state index in [9.17, 15) is 25.0 Å². The van der Waals surface area contributed by atoms with Crippen LogP contribution in [-0.4, -0.2) is 21.4 Å². The van der Waals surface area contributed by atoms with E-state index in [0.717, 1.165) is 16.9 Å². The third-order valence-corrected chi connectivity index (χ3v) is 7.26. The van der Waals surface area contributed by atoms with Gasteiger partial charge in [0.1, 0.15) is 5.60 Å². The molecule has 0 unspecified atom stereocenters.